The number of hydrogen-bond donors (Lipinski definition) is 2. The molecule has 68 valence electrons. The normalized spacial score (nSPS) is 16.9. The molecule has 0 unspecified atom stereocenters. The topological polar surface area (TPSA) is 44.4 Å². The average molecular weight is 177 g/mol. The summed E-state index contributed by atoms with van der Waals surface area (Å²) < 4.78 is 0. The highest BCUT2D eigenvalue weighted by atomic mass is 16.2. The first-order valence-corrected chi connectivity index (χ1v) is 4.23. The van der Waals surface area contributed by atoms with Gasteiger partial charge in [-0.3, -0.25) is 15.2 Å². The molecule has 1 fully saturated rings. The van der Waals surface area contributed by atoms with Crippen molar-refractivity contribution < 1.29 is 4.79 Å². The maximum Gasteiger partial charge on any atom is 0.237 e. The minimum absolute atomic E-state index is 0.0344. The van der Waals surface area contributed by atoms with Crippen molar-refractivity contribution in [1.82, 2.24) is 11.0 Å². The second kappa shape index (κ2) is 3.45. The van der Waals surface area contributed by atoms with Gasteiger partial charge in [0.05, 0.1) is 5.69 Å². The summed E-state index contributed by atoms with van der Waals surface area (Å²) in [6.07, 6.45) is 0.530. The molecule has 13 heavy (non-hydrogen) atoms. The molecular formula is C9H11N3O. The summed E-state index contributed by atoms with van der Waals surface area (Å²) in [7, 11) is 0. The number of carbonyl (C=O) groups excluding carboxylic acids is 1. The molecule has 1 heterocycles. The predicted octanol–water partition coefficient (Wildman–Crippen LogP) is 0.432. The van der Waals surface area contributed by atoms with E-state index in [4.69, 9.17) is 0 Å². The molecule has 0 bridgehead atoms. The van der Waals surface area contributed by atoms with Gasteiger partial charge in [-0.2, -0.15) is 0 Å². The second-order valence-corrected chi connectivity index (χ2v) is 2.90. The monoisotopic (exact) mass is 177 g/mol. The van der Waals surface area contributed by atoms with Gasteiger partial charge in [-0.05, 0) is 12.1 Å². The van der Waals surface area contributed by atoms with E-state index in [1.807, 2.05) is 35.3 Å². The van der Waals surface area contributed by atoms with Gasteiger partial charge < -0.3 is 0 Å². The highest BCUT2D eigenvalue weighted by Gasteiger charge is 2.14. The predicted molar refractivity (Wildman–Crippen MR) is 49.7 cm³/mol. The van der Waals surface area contributed by atoms with Gasteiger partial charge in [0.1, 0.15) is 0 Å². The van der Waals surface area contributed by atoms with Gasteiger partial charge in [0.2, 0.25) is 5.91 Å². The van der Waals surface area contributed by atoms with Crippen molar-refractivity contribution in [3.63, 3.8) is 0 Å². The standard InChI is InChI=1S/C9H11N3O/c13-9-6-7-12(11-10-9)8-4-2-1-3-5-8/h1-5,11H,6-7H2,(H,10,13). The number of benzene rings is 1. The number of para-hydroxylation sites is 1. The van der Waals surface area contributed by atoms with Crippen molar-refractivity contribution in [2.45, 2.75) is 6.42 Å². The molecule has 0 aliphatic carbocycles. The minimum atomic E-state index is 0.0344. The van der Waals surface area contributed by atoms with Crippen LogP contribution in [0.25, 0.3) is 0 Å². The van der Waals surface area contributed by atoms with Gasteiger partial charge in [0.15, 0.2) is 0 Å². The van der Waals surface area contributed by atoms with Gasteiger partial charge in [-0.25, -0.2) is 0 Å². The van der Waals surface area contributed by atoms with Crippen LogP contribution in [0.15, 0.2) is 30.3 Å². The molecule has 0 spiro atoms. The van der Waals surface area contributed by atoms with Crippen molar-refractivity contribution in [3.8, 4) is 0 Å². The van der Waals surface area contributed by atoms with E-state index < -0.39 is 0 Å². The van der Waals surface area contributed by atoms with E-state index in [0.717, 1.165) is 5.69 Å². The first-order valence-electron chi connectivity index (χ1n) is 4.23. The molecule has 0 aromatic heterocycles. The maximum atomic E-state index is 10.8. The lowest BCUT2D eigenvalue weighted by molar-refractivity contribution is -0.123. The largest absolute Gasteiger partial charge is 0.290 e. The number of rotatable bonds is 1. The molecule has 1 amide bonds. The third-order valence-corrected chi connectivity index (χ3v) is 1.96. The fourth-order valence-corrected chi connectivity index (χ4v) is 1.26. The van der Waals surface area contributed by atoms with Crippen LogP contribution in [0.2, 0.25) is 0 Å². The molecule has 2 N–H and O–H groups in total. The summed E-state index contributed by atoms with van der Waals surface area (Å²) in [5.74, 6) is 0.0344. The summed E-state index contributed by atoms with van der Waals surface area (Å²) >= 11 is 0. The lowest BCUT2D eigenvalue weighted by Gasteiger charge is -2.29. The van der Waals surface area contributed by atoms with Crippen LogP contribution in [0.5, 0.6) is 0 Å². The maximum absolute atomic E-state index is 10.8. The van der Waals surface area contributed by atoms with Crippen molar-refractivity contribution >= 4 is 11.6 Å². The van der Waals surface area contributed by atoms with Crippen molar-refractivity contribution in [2.24, 2.45) is 0 Å². The molecule has 0 saturated carbocycles. The number of nitrogens with zero attached hydrogens (tertiary/aromatic N) is 1. The van der Waals surface area contributed by atoms with E-state index in [9.17, 15) is 4.79 Å². The quantitative estimate of drug-likeness (QED) is 0.654. The van der Waals surface area contributed by atoms with Gasteiger partial charge >= 0.3 is 0 Å². The van der Waals surface area contributed by atoms with Crippen LogP contribution >= 0.6 is 0 Å². The zero-order valence-electron chi connectivity index (χ0n) is 7.16. The third-order valence-electron chi connectivity index (χ3n) is 1.96. The molecule has 1 saturated heterocycles. The molecule has 2 rings (SSSR count). The van der Waals surface area contributed by atoms with Gasteiger partial charge in [-0.15, -0.1) is 5.53 Å². The molecule has 0 atom stereocenters. The van der Waals surface area contributed by atoms with Crippen LogP contribution in [-0.2, 0) is 4.79 Å². The Morgan fingerprint density at radius 3 is 2.62 bits per heavy atom. The summed E-state index contributed by atoms with van der Waals surface area (Å²) in [6.45, 7) is 0.704. The van der Waals surface area contributed by atoms with E-state index in [0.29, 0.717) is 13.0 Å². The number of nitrogens with one attached hydrogen (secondary N) is 2. The van der Waals surface area contributed by atoms with Gasteiger partial charge in [0, 0.05) is 13.0 Å². The summed E-state index contributed by atoms with van der Waals surface area (Å²) in [5, 5.41) is 1.90. The molecule has 1 aliphatic rings. The zero-order valence-corrected chi connectivity index (χ0v) is 7.16. The van der Waals surface area contributed by atoms with Crippen molar-refractivity contribution in [2.75, 3.05) is 11.6 Å². The van der Waals surface area contributed by atoms with Gasteiger partial charge in [0.25, 0.3) is 0 Å². The van der Waals surface area contributed by atoms with Crippen LogP contribution < -0.4 is 16.0 Å². The van der Waals surface area contributed by atoms with Crippen molar-refractivity contribution in [3.05, 3.63) is 30.3 Å². The molecule has 1 aromatic rings. The second-order valence-electron chi connectivity index (χ2n) is 2.90. The van der Waals surface area contributed by atoms with E-state index in [2.05, 4.69) is 11.0 Å². The molecular weight excluding hydrogens is 166 g/mol. The molecule has 1 aromatic carbocycles. The van der Waals surface area contributed by atoms with E-state index in [1.54, 1.807) is 0 Å². The number of hydrazine groups is 2. The summed E-state index contributed by atoms with van der Waals surface area (Å²) in [5.41, 5.74) is 6.44. The first kappa shape index (κ1) is 8.07. The number of amides is 1. The van der Waals surface area contributed by atoms with E-state index >= 15 is 0 Å². The SMILES string of the molecule is O=C1CCN(c2ccccc2)NN1. The number of carbonyl (C=O) groups is 1. The number of hydrogen-bond acceptors (Lipinski definition) is 3. The van der Waals surface area contributed by atoms with Crippen LogP contribution in [0.1, 0.15) is 6.42 Å². The Morgan fingerprint density at radius 1 is 1.23 bits per heavy atom. The molecule has 0 radical (unpaired) electrons. The molecule has 1 aliphatic heterocycles. The highest BCUT2D eigenvalue weighted by molar-refractivity contribution is 5.77. The minimum Gasteiger partial charge on any atom is -0.290 e. The fourth-order valence-electron chi connectivity index (χ4n) is 1.26. The first-order chi connectivity index (χ1) is 6.36. The Bertz CT molecular complexity index is 289. The van der Waals surface area contributed by atoms with Crippen molar-refractivity contribution in [1.29, 1.82) is 0 Å². The third kappa shape index (κ3) is 1.78. The summed E-state index contributed by atoms with van der Waals surface area (Å²) in [6, 6.07) is 9.88. The average Bonchev–Trinajstić information content (AvgIpc) is 2.20. The lowest BCUT2D eigenvalue weighted by Crippen LogP contribution is -2.55. The Balaban J connectivity index is 2.07. The Morgan fingerprint density at radius 2 is 2.00 bits per heavy atom. The number of anilines is 1. The van der Waals surface area contributed by atoms with Gasteiger partial charge in [-0.1, -0.05) is 18.2 Å². The summed E-state index contributed by atoms with van der Waals surface area (Å²) in [4.78, 5) is 10.8. The lowest BCUT2D eigenvalue weighted by atomic mass is 10.3. The van der Waals surface area contributed by atoms with Crippen LogP contribution in [0.3, 0.4) is 0 Å². The van der Waals surface area contributed by atoms with Crippen LogP contribution in [0, 0.1) is 0 Å². The Labute approximate surface area is 76.5 Å². The highest BCUT2D eigenvalue weighted by Crippen LogP contribution is 2.11. The molecule has 4 heteroatoms. The zero-order chi connectivity index (χ0) is 9.10. The van der Waals surface area contributed by atoms with Crippen LogP contribution in [0.4, 0.5) is 5.69 Å². The van der Waals surface area contributed by atoms with E-state index in [1.165, 1.54) is 0 Å². The van der Waals surface area contributed by atoms with E-state index in [-0.39, 0.29) is 5.91 Å². The smallest absolute Gasteiger partial charge is 0.237 e. The Hall–Kier alpha value is -1.55. The Kier molecular flexibility index (Phi) is 2.14. The fraction of sp³-hybridized carbons (Fsp3) is 0.222. The molecule has 4 nitrogen and oxygen atoms in total. The van der Waals surface area contributed by atoms with Crippen LogP contribution in [-0.4, -0.2) is 12.5 Å².